The highest BCUT2D eigenvalue weighted by Crippen LogP contribution is 2.34. The van der Waals surface area contributed by atoms with Gasteiger partial charge in [0.15, 0.2) is 6.29 Å². The second-order valence-corrected chi connectivity index (χ2v) is 15.7. The van der Waals surface area contributed by atoms with Crippen LogP contribution in [0.1, 0.15) is 71.3 Å². The molecule has 0 aliphatic carbocycles. The van der Waals surface area contributed by atoms with Crippen LogP contribution in [0, 0.1) is 11.8 Å². The Bertz CT molecular complexity index is 1570. The molecule has 2 aromatic rings. The summed E-state index contributed by atoms with van der Waals surface area (Å²) in [4.78, 5) is 42.8. The fourth-order valence-electron chi connectivity index (χ4n) is 7.92. The number of methoxy groups -OCH3 is 1. The number of carbonyl (C=O) groups excluding carboxylic acids is 3. The minimum absolute atomic E-state index is 0.0224. The second kappa shape index (κ2) is 22.0. The molecule has 0 aromatic heterocycles. The van der Waals surface area contributed by atoms with Crippen LogP contribution in [0.15, 0.2) is 48.5 Å². The average molecular weight is 785 g/mol. The maximum atomic E-state index is 13.9. The van der Waals surface area contributed by atoms with Gasteiger partial charge in [-0.1, -0.05) is 62.4 Å². The average Bonchev–Trinajstić information content (AvgIpc) is 3.15. The van der Waals surface area contributed by atoms with Crippen molar-refractivity contribution in [1.82, 2.24) is 9.80 Å². The summed E-state index contributed by atoms with van der Waals surface area (Å²) in [6.07, 6.45) is -2.71. The van der Waals surface area contributed by atoms with Gasteiger partial charge in [-0.2, -0.15) is 0 Å². The van der Waals surface area contributed by atoms with Crippen molar-refractivity contribution in [1.29, 1.82) is 0 Å². The highest BCUT2D eigenvalue weighted by molar-refractivity contribution is 5.84. The van der Waals surface area contributed by atoms with E-state index in [9.17, 15) is 29.7 Å². The summed E-state index contributed by atoms with van der Waals surface area (Å²) in [5, 5.41) is 36.1. The van der Waals surface area contributed by atoms with Crippen molar-refractivity contribution in [2.24, 2.45) is 11.8 Å². The Morgan fingerprint density at radius 3 is 2.45 bits per heavy atom. The molecule has 0 saturated carbocycles. The Hall–Kier alpha value is -3.27. The fraction of sp³-hybridized carbons (Fsp3) is 0.651. The molecule has 312 valence electrons. The molecule has 56 heavy (non-hydrogen) atoms. The lowest BCUT2D eigenvalue weighted by Crippen LogP contribution is -2.63. The Morgan fingerprint density at radius 1 is 1.04 bits per heavy atom. The molecule has 3 unspecified atom stereocenters. The van der Waals surface area contributed by atoms with Crippen molar-refractivity contribution in [3.05, 3.63) is 54.1 Å². The molecule has 4 rings (SSSR count). The van der Waals surface area contributed by atoms with Crippen molar-refractivity contribution >= 4 is 35.1 Å². The SMILES string of the molecule is CCC(=O)O[C@@H]1CC(=O)O[C@@H](C/C=C/c2ccc3ccccc3c2)CCCN(C)C[C@H](O)[C@H](C)C[C@H](CC=O)[C@H](O[C@@H]2OC(C)[C@@H](O)C(N(C)C)C2O)[C@H]1OC. The molecule has 2 aliphatic heterocycles. The summed E-state index contributed by atoms with van der Waals surface area (Å²) >= 11 is 0. The van der Waals surface area contributed by atoms with Crippen molar-refractivity contribution in [2.45, 2.75) is 127 Å². The van der Waals surface area contributed by atoms with E-state index in [-0.39, 0.29) is 25.2 Å². The number of esters is 2. The number of fused-ring (bicyclic) bond motifs is 1. The van der Waals surface area contributed by atoms with Crippen LogP contribution in [0.5, 0.6) is 0 Å². The molecule has 2 heterocycles. The number of benzene rings is 2. The Balaban J connectivity index is 1.69. The third-order valence-corrected chi connectivity index (χ3v) is 11.1. The number of carbonyl (C=O) groups is 3. The van der Waals surface area contributed by atoms with E-state index in [2.05, 4.69) is 24.3 Å². The summed E-state index contributed by atoms with van der Waals surface area (Å²) in [5.41, 5.74) is 1.02. The zero-order valence-electron chi connectivity index (χ0n) is 34.1. The Morgan fingerprint density at radius 2 is 1.77 bits per heavy atom. The Labute approximate surface area is 331 Å². The third kappa shape index (κ3) is 12.6. The van der Waals surface area contributed by atoms with E-state index in [0.717, 1.165) is 22.6 Å². The predicted molar refractivity (Wildman–Crippen MR) is 212 cm³/mol. The van der Waals surface area contributed by atoms with Gasteiger partial charge in [0.1, 0.15) is 30.7 Å². The first kappa shape index (κ1) is 45.4. The van der Waals surface area contributed by atoms with Gasteiger partial charge in [-0.15, -0.1) is 0 Å². The van der Waals surface area contributed by atoms with Crippen LogP contribution in [0.25, 0.3) is 16.8 Å². The molecule has 0 radical (unpaired) electrons. The lowest BCUT2D eigenvalue weighted by Gasteiger charge is -2.47. The number of ether oxygens (including phenoxy) is 5. The molecule has 2 aromatic carbocycles. The van der Waals surface area contributed by atoms with Crippen LogP contribution in [0.3, 0.4) is 0 Å². The molecular weight excluding hydrogens is 720 g/mol. The van der Waals surface area contributed by atoms with Crippen molar-refractivity contribution in [2.75, 3.05) is 41.3 Å². The first-order valence-electron chi connectivity index (χ1n) is 20.0. The van der Waals surface area contributed by atoms with E-state index in [1.54, 1.807) is 32.8 Å². The predicted octanol–water partition coefficient (Wildman–Crippen LogP) is 3.98. The molecule has 12 atom stereocenters. The largest absolute Gasteiger partial charge is 0.462 e. The topological polar surface area (TPSA) is 165 Å². The van der Waals surface area contributed by atoms with Crippen LogP contribution in [-0.4, -0.2) is 146 Å². The number of rotatable bonds is 11. The molecule has 13 nitrogen and oxygen atoms in total. The van der Waals surface area contributed by atoms with Gasteiger partial charge in [0.2, 0.25) is 0 Å². The molecule has 0 bridgehead atoms. The number of β-amino-alcohol motifs (C(OH)–C–C–N with tert-alkyl or cyclic N) is 1. The molecule has 3 N–H and O–H groups in total. The summed E-state index contributed by atoms with van der Waals surface area (Å²) < 4.78 is 30.7. The van der Waals surface area contributed by atoms with Crippen LogP contribution in [0.4, 0.5) is 0 Å². The summed E-state index contributed by atoms with van der Waals surface area (Å²) in [5.74, 6) is -2.13. The van der Waals surface area contributed by atoms with Crippen molar-refractivity contribution in [3.63, 3.8) is 0 Å². The molecule has 2 aliphatic rings. The first-order valence-corrected chi connectivity index (χ1v) is 20.0. The van der Waals surface area contributed by atoms with Crippen LogP contribution in [0.2, 0.25) is 0 Å². The van der Waals surface area contributed by atoms with E-state index < -0.39 is 79.0 Å². The first-order chi connectivity index (χ1) is 26.8. The number of hydrogen-bond acceptors (Lipinski definition) is 13. The van der Waals surface area contributed by atoms with Crippen LogP contribution >= 0.6 is 0 Å². The smallest absolute Gasteiger partial charge is 0.309 e. The van der Waals surface area contributed by atoms with E-state index in [1.165, 1.54) is 7.11 Å². The van der Waals surface area contributed by atoms with Gasteiger partial charge in [0.25, 0.3) is 0 Å². The number of aldehydes is 1. The van der Waals surface area contributed by atoms with Gasteiger partial charge in [0, 0.05) is 32.9 Å². The number of aliphatic hydroxyl groups excluding tert-OH is 3. The van der Waals surface area contributed by atoms with Crippen molar-refractivity contribution in [3.8, 4) is 0 Å². The monoisotopic (exact) mass is 784 g/mol. The van der Waals surface area contributed by atoms with Gasteiger partial charge in [-0.05, 0) is 88.1 Å². The molecule has 2 saturated heterocycles. The highest BCUT2D eigenvalue weighted by atomic mass is 16.7. The lowest BCUT2D eigenvalue weighted by atomic mass is 9.82. The van der Waals surface area contributed by atoms with Gasteiger partial charge < -0.3 is 53.6 Å². The molecule has 0 amide bonds. The quantitative estimate of drug-likeness (QED) is 0.222. The van der Waals surface area contributed by atoms with Gasteiger partial charge in [-0.25, -0.2) is 0 Å². The summed E-state index contributed by atoms with van der Waals surface area (Å²) in [6.45, 7) is 6.21. The maximum Gasteiger partial charge on any atom is 0.309 e. The Kier molecular flexibility index (Phi) is 17.9. The number of aliphatic hydroxyl groups is 3. The minimum Gasteiger partial charge on any atom is -0.462 e. The molecule has 0 spiro atoms. The summed E-state index contributed by atoms with van der Waals surface area (Å²) in [6, 6.07) is 13.6. The van der Waals surface area contributed by atoms with Crippen LogP contribution < -0.4 is 0 Å². The maximum absolute atomic E-state index is 13.9. The standard InChI is InChI=1S/C43H64N2O11/c1-8-36(48)55-35-25-37(49)54-33(16-11-13-29-18-19-30-14-9-10-15-31(30)24-29)17-12-21-45(6)26-34(47)27(2)23-32(20-22-46)41(42(35)52-7)56-43-40(51)38(44(4)5)39(50)28(3)53-43/h9-11,13-15,18-19,22,24,27-28,32-35,38-43,47,50-51H,8,12,16-17,20-21,23,25-26H2,1-7H3/b13-11+/t27-,28?,32+,33+,34+,35-,38?,39-,40?,41+,42+,43+/m1/s1. The minimum atomic E-state index is -1.33. The van der Waals surface area contributed by atoms with E-state index in [1.807, 2.05) is 49.2 Å². The lowest BCUT2D eigenvalue weighted by molar-refractivity contribution is -0.310. The van der Waals surface area contributed by atoms with E-state index in [4.69, 9.17) is 23.7 Å². The normalized spacial score (nSPS) is 33.4. The molecule has 2 fully saturated rings. The number of hydrogen-bond donors (Lipinski definition) is 3. The van der Waals surface area contributed by atoms with Gasteiger partial charge in [0.05, 0.1) is 36.9 Å². The zero-order chi connectivity index (χ0) is 40.9. The van der Waals surface area contributed by atoms with Crippen LogP contribution in [-0.2, 0) is 38.1 Å². The van der Waals surface area contributed by atoms with Gasteiger partial charge in [-0.3, -0.25) is 9.59 Å². The molecular formula is C43H64N2O11. The third-order valence-electron chi connectivity index (χ3n) is 11.1. The van der Waals surface area contributed by atoms with Gasteiger partial charge >= 0.3 is 11.9 Å². The van der Waals surface area contributed by atoms with Crippen molar-refractivity contribution < 1.29 is 53.4 Å². The molecule has 13 heteroatoms. The summed E-state index contributed by atoms with van der Waals surface area (Å²) in [7, 11) is 6.78. The number of nitrogens with zero attached hydrogens (tertiary/aromatic N) is 2. The van der Waals surface area contributed by atoms with E-state index >= 15 is 0 Å². The highest BCUT2D eigenvalue weighted by Gasteiger charge is 2.48. The zero-order valence-corrected chi connectivity index (χ0v) is 34.1. The van der Waals surface area contributed by atoms with E-state index in [0.29, 0.717) is 38.8 Å². The fourth-order valence-corrected chi connectivity index (χ4v) is 7.92. The number of likely N-dealkylation sites (N-methyl/N-ethyl adjacent to an activating group) is 2. The second-order valence-electron chi connectivity index (χ2n) is 15.7. The number of cyclic esters (lactones) is 1.